The molecule has 0 saturated heterocycles. The second kappa shape index (κ2) is 8.27. The molecule has 24 heavy (non-hydrogen) atoms. The van der Waals surface area contributed by atoms with Gasteiger partial charge in [-0.2, -0.15) is 0 Å². The molecule has 0 atom stereocenters. The van der Waals surface area contributed by atoms with Crippen molar-refractivity contribution in [3.05, 3.63) is 58.6 Å². The van der Waals surface area contributed by atoms with Gasteiger partial charge in [0.25, 0.3) is 15.9 Å². The highest BCUT2D eigenvalue weighted by Crippen LogP contribution is 2.19. The van der Waals surface area contributed by atoms with Crippen LogP contribution in [0.4, 0.5) is 5.69 Å². The van der Waals surface area contributed by atoms with Gasteiger partial charge in [0.15, 0.2) is 0 Å². The Hall–Kier alpha value is -1.90. The maximum absolute atomic E-state index is 12.4. The molecule has 2 rings (SSSR count). The van der Waals surface area contributed by atoms with Crippen molar-refractivity contribution in [1.82, 2.24) is 5.32 Å². The minimum Gasteiger partial charge on any atom is -0.383 e. The summed E-state index contributed by atoms with van der Waals surface area (Å²) in [6.45, 7) is 0.734. The van der Waals surface area contributed by atoms with Crippen LogP contribution in [-0.4, -0.2) is 34.6 Å². The van der Waals surface area contributed by atoms with Crippen LogP contribution in [-0.2, 0) is 14.8 Å². The first-order valence-corrected chi connectivity index (χ1v) is 9.35. The average Bonchev–Trinajstić information content (AvgIpc) is 2.57. The van der Waals surface area contributed by atoms with E-state index in [2.05, 4.69) is 26.0 Å². The lowest BCUT2D eigenvalue weighted by atomic mass is 10.2. The predicted octanol–water partition coefficient (Wildman–Crippen LogP) is 2.63. The van der Waals surface area contributed by atoms with Gasteiger partial charge in [-0.25, -0.2) is 8.42 Å². The Morgan fingerprint density at radius 1 is 1.17 bits per heavy atom. The largest absolute Gasteiger partial charge is 0.383 e. The third-order valence-corrected chi connectivity index (χ3v) is 5.00. The number of sulfonamides is 1. The van der Waals surface area contributed by atoms with Crippen LogP contribution in [0.5, 0.6) is 0 Å². The minimum absolute atomic E-state index is 0.0183. The molecule has 0 aliphatic carbocycles. The van der Waals surface area contributed by atoms with E-state index in [0.29, 0.717) is 18.8 Å². The highest BCUT2D eigenvalue weighted by Gasteiger charge is 2.16. The highest BCUT2D eigenvalue weighted by molar-refractivity contribution is 9.10. The Bertz CT molecular complexity index is 807. The predicted molar refractivity (Wildman–Crippen MR) is 95.6 cm³/mol. The Balaban J connectivity index is 2.17. The number of hydrogen-bond acceptors (Lipinski definition) is 4. The molecule has 0 aromatic heterocycles. The van der Waals surface area contributed by atoms with Crippen LogP contribution in [0.1, 0.15) is 10.4 Å². The van der Waals surface area contributed by atoms with Gasteiger partial charge in [-0.05, 0) is 42.5 Å². The number of methoxy groups -OCH3 is 1. The van der Waals surface area contributed by atoms with E-state index < -0.39 is 10.0 Å². The van der Waals surface area contributed by atoms with E-state index in [1.165, 1.54) is 25.3 Å². The molecule has 0 heterocycles. The van der Waals surface area contributed by atoms with Crippen LogP contribution < -0.4 is 10.0 Å². The van der Waals surface area contributed by atoms with Gasteiger partial charge >= 0.3 is 0 Å². The lowest BCUT2D eigenvalue weighted by molar-refractivity contribution is 0.0937. The maximum Gasteiger partial charge on any atom is 0.261 e. The number of nitrogens with one attached hydrogen (secondary N) is 2. The number of hydrogen-bond donors (Lipinski definition) is 2. The number of carbonyl (C=O) groups excluding carboxylic acids is 1. The van der Waals surface area contributed by atoms with Gasteiger partial charge in [0.2, 0.25) is 0 Å². The number of benzene rings is 2. The Labute approximate surface area is 149 Å². The summed E-state index contributed by atoms with van der Waals surface area (Å²) in [6, 6.07) is 12.6. The maximum atomic E-state index is 12.4. The number of ether oxygens (including phenoxy) is 1. The lowest BCUT2D eigenvalue weighted by Gasteiger charge is -2.10. The van der Waals surface area contributed by atoms with Crippen molar-refractivity contribution in [1.29, 1.82) is 0 Å². The van der Waals surface area contributed by atoms with Crippen molar-refractivity contribution >= 4 is 37.5 Å². The fourth-order valence-corrected chi connectivity index (χ4v) is 3.27. The van der Waals surface area contributed by atoms with Crippen LogP contribution in [0.3, 0.4) is 0 Å². The highest BCUT2D eigenvalue weighted by atomic mass is 79.9. The molecule has 0 saturated carbocycles. The Kier molecular flexibility index (Phi) is 6.36. The van der Waals surface area contributed by atoms with E-state index in [9.17, 15) is 13.2 Å². The van der Waals surface area contributed by atoms with Gasteiger partial charge in [-0.1, -0.05) is 22.0 Å². The zero-order valence-electron chi connectivity index (χ0n) is 13.0. The fourth-order valence-electron chi connectivity index (χ4n) is 1.91. The van der Waals surface area contributed by atoms with E-state index in [0.717, 1.165) is 4.47 Å². The van der Waals surface area contributed by atoms with E-state index in [-0.39, 0.29) is 16.4 Å². The van der Waals surface area contributed by atoms with Gasteiger partial charge in [-0.3, -0.25) is 9.52 Å². The van der Waals surface area contributed by atoms with Gasteiger partial charge in [-0.15, -0.1) is 0 Å². The molecule has 0 spiro atoms. The standard InChI is InChI=1S/C16H17BrN2O4S/c1-23-10-9-18-16(20)12-3-2-4-15(11-12)24(21,22)19-14-7-5-13(17)6-8-14/h2-8,11,19H,9-10H2,1H3,(H,18,20). The molecule has 1 amide bonds. The fraction of sp³-hybridized carbons (Fsp3) is 0.188. The normalized spacial score (nSPS) is 11.1. The van der Waals surface area contributed by atoms with Crippen molar-refractivity contribution in [3.8, 4) is 0 Å². The molecule has 0 radical (unpaired) electrons. The van der Waals surface area contributed by atoms with Crippen molar-refractivity contribution in [2.24, 2.45) is 0 Å². The van der Waals surface area contributed by atoms with Gasteiger partial charge in [0.05, 0.1) is 11.5 Å². The smallest absolute Gasteiger partial charge is 0.261 e. The topological polar surface area (TPSA) is 84.5 Å². The van der Waals surface area contributed by atoms with Crippen molar-refractivity contribution in [2.45, 2.75) is 4.90 Å². The second-order valence-electron chi connectivity index (χ2n) is 4.89. The lowest BCUT2D eigenvalue weighted by Crippen LogP contribution is -2.27. The van der Waals surface area contributed by atoms with Crippen molar-refractivity contribution < 1.29 is 17.9 Å². The molecular formula is C16H17BrN2O4S. The number of halogens is 1. The second-order valence-corrected chi connectivity index (χ2v) is 7.49. The van der Waals surface area contributed by atoms with Crippen LogP contribution in [0, 0.1) is 0 Å². The summed E-state index contributed by atoms with van der Waals surface area (Å²) in [7, 11) is -2.24. The zero-order chi connectivity index (χ0) is 17.6. The first-order valence-electron chi connectivity index (χ1n) is 7.08. The van der Waals surface area contributed by atoms with E-state index in [1.54, 1.807) is 30.3 Å². The molecule has 128 valence electrons. The quantitative estimate of drug-likeness (QED) is 0.684. The molecular weight excluding hydrogens is 396 g/mol. The summed E-state index contributed by atoms with van der Waals surface area (Å²) in [4.78, 5) is 12.0. The van der Waals surface area contributed by atoms with Crippen LogP contribution >= 0.6 is 15.9 Å². The molecule has 8 heteroatoms. The zero-order valence-corrected chi connectivity index (χ0v) is 15.4. The van der Waals surface area contributed by atoms with E-state index >= 15 is 0 Å². The van der Waals surface area contributed by atoms with Crippen LogP contribution in [0.25, 0.3) is 0 Å². The van der Waals surface area contributed by atoms with Crippen molar-refractivity contribution in [2.75, 3.05) is 25.0 Å². The average molecular weight is 413 g/mol. The first kappa shape index (κ1) is 18.4. The summed E-state index contributed by atoms with van der Waals surface area (Å²) in [5.41, 5.74) is 0.706. The Morgan fingerprint density at radius 3 is 2.54 bits per heavy atom. The Morgan fingerprint density at radius 2 is 1.88 bits per heavy atom. The van der Waals surface area contributed by atoms with E-state index in [4.69, 9.17) is 4.74 Å². The molecule has 0 unspecified atom stereocenters. The summed E-state index contributed by atoms with van der Waals surface area (Å²) in [5, 5.41) is 2.65. The molecule has 0 aliphatic heterocycles. The molecule has 0 bridgehead atoms. The number of carbonyl (C=O) groups is 1. The summed E-state index contributed by atoms with van der Waals surface area (Å²) in [5.74, 6) is -0.354. The monoisotopic (exact) mass is 412 g/mol. The van der Waals surface area contributed by atoms with Gasteiger partial charge in [0.1, 0.15) is 0 Å². The number of anilines is 1. The van der Waals surface area contributed by atoms with Gasteiger partial charge in [0, 0.05) is 29.4 Å². The third kappa shape index (κ3) is 5.05. The summed E-state index contributed by atoms with van der Waals surface area (Å²) < 4.78 is 33.1. The number of amides is 1. The summed E-state index contributed by atoms with van der Waals surface area (Å²) >= 11 is 3.29. The number of rotatable bonds is 7. The van der Waals surface area contributed by atoms with Crippen LogP contribution in [0.2, 0.25) is 0 Å². The SMILES string of the molecule is COCCNC(=O)c1cccc(S(=O)(=O)Nc2ccc(Br)cc2)c1. The molecule has 0 fully saturated rings. The van der Waals surface area contributed by atoms with Gasteiger partial charge < -0.3 is 10.1 Å². The van der Waals surface area contributed by atoms with Crippen LogP contribution in [0.15, 0.2) is 57.9 Å². The van der Waals surface area contributed by atoms with Crippen molar-refractivity contribution in [3.63, 3.8) is 0 Å². The molecule has 2 aromatic carbocycles. The van der Waals surface area contributed by atoms with E-state index in [1.807, 2.05) is 0 Å². The molecule has 0 aliphatic rings. The summed E-state index contributed by atoms with van der Waals surface area (Å²) in [6.07, 6.45) is 0. The first-order chi connectivity index (χ1) is 11.4. The third-order valence-electron chi connectivity index (χ3n) is 3.09. The minimum atomic E-state index is -3.78. The molecule has 2 aromatic rings. The molecule has 2 N–H and O–H groups in total. The molecule has 6 nitrogen and oxygen atoms in total.